The van der Waals surface area contributed by atoms with Crippen molar-refractivity contribution in [2.24, 2.45) is 7.05 Å². The number of aliphatic hydroxyl groups excluding tert-OH is 1. The van der Waals surface area contributed by atoms with Crippen LogP contribution in [0.3, 0.4) is 0 Å². The molecular formula is C10H11NO3S. The zero-order valence-corrected chi connectivity index (χ0v) is 9.08. The van der Waals surface area contributed by atoms with E-state index in [9.17, 15) is 4.79 Å². The van der Waals surface area contributed by atoms with E-state index >= 15 is 0 Å². The van der Waals surface area contributed by atoms with Gasteiger partial charge in [-0.2, -0.15) is 0 Å². The standard InChI is InChI=1S/C10H11NO3S/c1-11-8-6-7(15-5-4-12)2-3-9(8)14-10(11)13/h2-3,6,12H,4-5H2,1H3. The summed E-state index contributed by atoms with van der Waals surface area (Å²) >= 11 is 1.55. The molecule has 0 aliphatic carbocycles. The van der Waals surface area contributed by atoms with Gasteiger partial charge in [-0.05, 0) is 18.2 Å². The van der Waals surface area contributed by atoms with Gasteiger partial charge in [-0.15, -0.1) is 11.8 Å². The fourth-order valence-corrected chi connectivity index (χ4v) is 2.05. The van der Waals surface area contributed by atoms with Crippen LogP contribution in [0, 0.1) is 0 Å². The van der Waals surface area contributed by atoms with Crippen molar-refractivity contribution < 1.29 is 9.52 Å². The summed E-state index contributed by atoms with van der Waals surface area (Å²) in [5.74, 6) is 0.298. The highest BCUT2D eigenvalue weighted by Gasteiger charge is 2.06. The molecule has 1 aromatic carbocycles. The minimum atomic E-state index is -0.352. The van der Waals surface area contributed by atoms with Crippen molar-refractivity contribution in [2.75, 3.05) is 12.4 Å². The van der Waals surface area contributed by atoms with Crippen molar-refractivity contribution in [1.82, 2.24) is 4.57 Å². The largest absolute Gasteiger partial charge is 0.419 e. The summed E-state index contributed by atoms with van der Waals surface area (Å²) in [6, 6.07) is 5.54. The van der Waals surface area contributed by atoms with Crippen LogP contribution in [0.1, 0.15) is 0 Å². The van der Waals surface area contributed by atoms with Crippen LogP contribution in [0.4, 0.5) is 0 Å². The third-order valence-corrected chi connectivity index (χ3v) is 3.10. The van der Waals surface area contributed by atoms with Gasteiger partial charge in [0.1, 0.15) is 0 Å². The second-order valence-electron chi connectivity index (χ2n) is 3.13. The first-order valence-electron chi connectivity index (χ1n) is 4.55. The molecule has 0 bridgehead atoms. The monoisotopic (exact) mass is 225 g/mol. The number of benzene rings is 1. The van der Waals surface area contributed by atoms with Gasteiger partial charge in [0.15, 0.2) is 5.58 Å². The maximum atomic E-state index is 11.2. The van der Waals surface area contributed by atoms with Gasteiger partial charge in [-0.25, -0.2) is 4.79 Å². The number of thioether (sulfide) groups is 1. The summed E-state index contributed by atoms with van der Waals surface area (Å²) < 4.78 is 6.48. The maximum Gasteiger partial charge on any atom is 0.419 e. The number of hydrogen-bond acceptors (Lipinski definition) is 4. The Balaban J connectivity index is 2.45. The lowest BCUT2D eigenvalue weighted by Crippen LogP contribution is -2.08. The van der Waals surface area contributed by atoms with Crippen LogP contribution >= 0.6 is 11.8 Å². The molecule has 1 aromatic heterocycles. The van der Waals surface area contributed by atoms with Crippen LogP contribution < -0.4 is 5.76 Å². The number of nitrogens with zero attached hydrogens (tertiary/aromatic N) is 1. The molecule has 0 saturated carbocycles. The van der Waals surface area contributed by atoms with E-state index in [0.717, 1.165) is 10.4 Å². The zero-order valence-electron chi connectivity index (χ0n) is 8.27. The molecule has 0 amide bonds. The Hall–Kier alpha value is -1.20. The molecule has 1 N–H and O–H groups in total. The van der Waals surface area contributed by atoms with Gasteiger partial charge < -0.3 is 9.52 Å². The van der Waals surface area contributed by atoms with Crippen molar-refractivity contribution >= 4 is 22.9 Å². The summed E-state index contributed by atoms with van der Waals surface area (Å²) in [6.45, 7) is 0.146. The van der Waals surface area contributed by atoms with Crippen molar-refractivity contribution in [3.05, 3.63) is 28.7 Å². The first-order valence-corrected chi connectivity index (χ1v) is 5.54. The third kappa shape index (κ3) is 1.93. The number of fused-ring (bicyclic) bond motifs is 1. The number of aryl methyl sites for hydroxylation is 1. The summed E-state index contributed by atoms with van der Waals surface area (Å²) in [4.78, 5) is 12.2. The lowest BCUT2D eigenvalue weighted by atomic mass is 10.3. The number of rotatable bonds is 3. The molecule has 0 aliphatic heterocycles. The van der Waals surface area contributed by atoms with Crippen molar-refractivity contribution in [1.29, 1.82) is 0 Å². The predicted octanol–water partition coefficient (Wildman–Crippen LogP) is 1.22. The van der Waals surface area contributed by atoms with Crippen LogP contribution in [0.2, 0.25) is 0 Å². The lowest BCUT2D eigenvalue weighted by Gasteiger charge is -1.99. The third-order valence-electron chi connectivity index (χ3n) is 2.12. The number of aliphatic hydroxyl groups is 1. The predicted molar refractivity (Wildman–Crippen MR) is 59.3 cm³/mol. The van der Waals surface area contributed by atoms with Gasteiger partial charge in [0.05, 0.1) is 12.1 Å². The Morgan fingerprint density at radius 2 is 2.33 bits per heavy atom. The maximum absolute atomic E-state index is 11.2. The molecule has 0 unspecified atom stereocenters. The quantitative estimate of drug-likeness (QED) is 0.798. The Bertz CT molecular complexity index is 529. The minimum Gasteiger partial charge on any atom is -0.408 e. The molecule has 0 radical (unpaired) electrons. The molecule has 1 heterocycles. The lowest BCUT2D eigenvalue weighted by molar-refractivity contribution is 0.322. The molecule has 2 rings (SSSR count). The molecule has 80 valence electrons. The Labute approximate surface area is 90.5 Å². The summed E-state index contributed by atoms with van der Waals surface area (Å²) in [6.07, 6.45) is 0. The van der Waals surface area contributed by atoms with Crippen LogP contribution in [0.5, 0.6) is 0 Å². The summed E-state index contributed by atoms with van der Waals surface area (Å²) in [5.41, 5.74) is 1.37. The molecule has 15 heavy (non-hydrogen) atoms. The molecule has 0 spiro atoms. The van der Waals surface area contributed by atoms with E-state index in [1.165, 1.54) is 4.57 Å². The highest BCUT2D eigenvalue weighted by Crippen LogP contribution is 2.22. The first-order chi connectivity index (χ1) is 7.22. The van der Waals surface area contributed by atoms with Crippen molar-refractivity contribution in [2.45, 2.75) is 4.90 Å². The highest BCUT2D eigenvalue weighted by atomic mass is 32.2. The Morgan fingerprint density at radius 1 is 1.53 bits per heavy atom. The highest BCUT2D eigenvalue weighted by molar-refractivity contribution is 7.99. The average Bonchev–Trinajstić information content (AvgIpc) is 2.52. The van der Waals surface area contributed by atoms with Crippen molar-refractivity contribution in [3.63, 3.8) is 0 Å². The van der Waals surface area contributed by atoms with E-state index < -0.39 is 0 Å². The Morgan fingerprint density at radius 3 is 3.07 bits per heavy atom. The number of hydrogen-bond donors (Lipinski definition) is 1. The van der Waals surface area contributed by atoms with E-state index in [0.29, 0.717) is 11.3 Å². The minimum absolute atomic E-state index is 0.146. The van der Waals surface area contributed by atoms with Gasteiger partial charge in [0.25, 0.3) is 0 Å². The summed E-state index contributed by atoms with van der Waals surface area (Å²) in [5, 5.41) is 8.70. The SMILES string of the molecule is Cn1c(=O)oc2ccc(SCCO)cc21. The smallest absolute Gasteiger partial charge is 0.408 e. The van der Waals surface area contributed by atoms with Crippen LogP contribution in [0.25, 0.3) is 11.1 Å². The van der Waals surface area contributed by atoms with Gasteiger partial charge >= 0.3 is 5.76 Å². The fourth-order valence-electron chi connectivity index (χ4n) is 1.36. The molecule has 0 aliphatic rings. The van der Waals surface area contributed by atoms with Gasteiger partial charge in [-0.3, -0.25) is 4.57 Å². The molecular weight excluding hydrogens is 214 g/mol. The number of oxazole rings is 1. The normalized spacial score (nSPS) is 11.1. The van der Waals surface area contributed by atoms with Gasteiger partial charge in [0.2, 0.25) is 0 Å². The first kappa shape index (κ1) is 10.3. The molecule has 0 atom stereocenters. The fraction of sp³-hybridized carbons (Fsp3) is 0.300. The second-order valence-corrected chi connectivity index (χ2v) is 4.30. The van der Waals surface area contributed by atoms with E-state index in [-0.39, 0.29) is 12.4 Å². The second kappa shape index (κ2) is 4.12. The average molecular weight is 225 g/mol. The van der Waals surface area contributed by atoms with E-state index in [4.69, 9.17) is 9.52 Å². The van der Waals surface area contributed by atoms with Crippen LogP contribution in [0.15, 0.2) is 32.3 Å². The van der Waals surface area contributed by atoms with Crippen molar-refractivity contribution in [3.8, 4) is 0 Å². The molecule has 0 saturated heterocycles. The summed E-state index contributed by atoms with van der Waals surface area (Å²) in [7, 11) is 1.68. The van der Waals surface area contributed by atoms with Crippen LogP contribution in [-0.2, 0) is 7.05 Å². The molecule has 4 nitrogen and oxygen atoms in total. The molecule has 0 fully saturated rings. The van der Waals surface area contributed by atoms with E-state index in [1.807, 2.05) is 12.1 Å². The number of aromatic nitrogens is 1. The van der Waals surface area contributed by atoms with Gasteiger partial charge in [-0.1, -0.05) is 0 Å². The molecule has 5 heteroatoms. The van der Waals surface area contributed by atoms with Crippen LogP contribution in [-0.4, -0.2) is 22.0 Å². The zero-order chi connectivity index (χ0) is 10.8. The Kier molecular flexibility index (Phi) is 2.83. The molecule has 2 aromatic rings. The topological polar surface area (TPSA) is 55.4 Å². The van der Waals surface area contributed by atoms with Gasteiger partial charge in [0, 0.05) is 17.7 Å². The van der Waals surface area contributed by atoms with E-state index in [1.54, 1.807) is 24.9 Å². The van der Waals surface area contributed by atoms with E-state index in [2.05, 4.69) is 0 Å².